The van der Waals surface area contributed by atoms with Crippen molar-refractivity contribution in [1.29, 1.82) is 0 Å². The van der Waals surface area contributed by atoms with Crippen LogP contribution in [0.3, 0.4) is 0 Å². The van der Waals surface area contributed by atoms with Gasteiger partial charge >= 0.3 is 12.1 Å². The number of rotatable bonds is 8. The maximum atomic E-state index is 13.4. The van der Waals surface area contributed by atoms with Crippen molar-refractivity contribution in [2.45, 2.75) is 19.1 Å². The molecule has 0 spiro atoms. The van der Waals surface area contributed by atoms with Gasteiger partial charge in [-0.25, -0.2) is 0 Å². The average molecular weight is 604 g/mol. The number of nitrogens with zero attached hydrogens (tertiary/aromatic N) is 1. The van der Waals surface area contributed by atoms with Crippen molar-refractivity contribution in [2.75, 3.05) is 11.9 Å². The Kier molecular flexibility index (Phi) is 8.37. The van der Waals surface area contributed by atoms with E-state index in [1.54, 1.807) is 6.07 Å². The Balaban J connectivity index is 1.86. The Bertz CT molecular complexity index is 1200. The van der Waals surface area contributed by atoms with Crippen LogP contribution in [0.5, 0.6) is 0 Å². The second kappa shape index (κ2) is 11.0. The highest BCUT2D eigenvalue weighted by atomic mass is 127. The number of alkyl halides is 3. The number of aliphatic carboxylic acids is 1. The Labute approximate surface area is 211 Å². The summed E-state index contributed by atoms with van der Waals surface area (Å²) in [7, 11) is 0. The van der Waals surface area contributed by atoms with E-state index in [1.165, 1.54) is 24.4 Å². The lowest BCUT2D eigenvalue weighted by atomic mass is 9.97. The Morgan fingerprint density at radius 1 is 1.09 bits per heavy atom. The fourth-order valence-electron chi connectivity index (χ4n) is 3.04. The van der Waals surface area contributed by atoms with E-state index in [4.69, 9.17) is 16.7 Å². The van der Waals surface area contributed by atoms with Crippen molar-refractivity contribution in [2.24, 2.45) is 0 Å². The van der Waals surface area contributed by atoms with Crippen LogP contribution >= 0.6 is 34.2 Å². The lowest BCUT2D eigenvalue weighted by molar-refractivity contribution is -0.138. The number of hydrogen-bond acceptors (Lipinski definition) is 4. The number of benzene rings is 2. The van der Waals surface area contributed by atoms with Crippen LogP contribution in [0.15, 0.2) is 54.7 Å². The third-order valence-electron chi connectivity index (χ3n) is 4.77. The number of aromatic nitrogens is 1. The third-order valence-corrected chi connectivity index (χ3v) is 6.34. The maximum Gasteiger partial charge on any atom is 0.416 e. The van der Waals surface area contributed by atoms with E-state index in [9.17, 15) is 22.8 Å². The molecule has 1 aromatic heterocycles. The zero-order valence-electron chi connectivity index (χ0n) is 17.4. The fourth-order valence-corrected chi connectivity index (χ4v) is 3.56. The van der Waals surface area contributed by atoms with Gasteiger partial charge in [0.2, 0.25) is 0 Å². The monoisotopic (exact) mass is 603 g/mol. The molecule has 11 heteroatoms. The molecule has 0 aliphatic heterocycles. The molecule has 3 rings (SSSR count). The SMILES string of the molecule is O=C(O)CCNC(=O)c1ccc(-c2cc(C(F)(F)F)ccc2CNc2ccc(I)c(Cl)c2)cn1. The fraction of sp³-hybridized carbons (Fsp3) is 0.174. The van der Waals surface area contributed by atoms with Gasteiger partial charge in [-0.2, -0.15) is 13.2 Å². The summed E-state index contributed by atoms with van der Waals surface area (Å²) in [5.74, 6) is -1.63. The minimum Gasteiger partial charge on any atom is -0.481 e. The van der Waals surface area contributed by atoms with Crippen LogP contribution < -0.4 is 10.6 Å². The van der Waals surface area contributed by atoms with Crippen molar-refractivity contribution in [1.82, 2.24) is 10.3 Å². The molecule has 3 aromatic rings. The first-order valence-corrected chi connectivity index (χ1v) is 11.4. The van der Waals surface area contributed by atoms with Gasteiger partial charge in [0.1, 0.15) is 5.69 Å². The Hall–Kier alpha value is -2.86. The molecule has 0 fully saturated rings. The number of carboxylic acid groups (broad SMARTS) is 1. The van der Waals surface area contributed by atoms with Crippen molar-refractivity contribution in [3.05, 3.63) is 80.1 Å². The lowest BCUT2D eigenvalue weighted by Gasteiger charge is -2.15. The first-order valence-electron chi connectivity index (χ1n) is 9.90. The van der Waals surface area contributed by atoms with Gasteiger partial charge in [-0.05, 0) is 70.1 Å². The number of anilines is 1. The summed E-state index contributed by atoms with van der Waals surface area (Å²) in [6.45, 7) is 0.158. The van der Waals surface area contributed by atoms with Crippen LogP contribution in [0.2, 0.25) is 5.02 Å². The maximum absolute atomic E-state index is 13.4. The van der Waals surface area contributed by atoms with Gasteiger partial charge in [-0.3, -0.25) is 14.6 Å². The molecule has 178 valence electrons. The third kappa shape index (κ3) is 6.83. The van der Waals surface area contributed by atoms with Crippen molar-refractivity contribution >= 4 is 51.8 Å². The van der Waals surface area contributed by atoms with Gasteiger partial charge < -0.3 is 15.7 Å². The number of hydrogen-bond donors (Lipinski definition) is 3. The second-order valence-electron chi connectivity index (χ2n) is 7.18. The zero-order chi connectivity index (χ0) is 24.9. The van der Waals surface area contributed by atoms with E-state index in [0.29, 0.717) is 27.4 Å². The molecule has 0 bridgehead atoms. The molecule has 0 atom stereocenters. The topological polar surface area (TPSA) is 91.3 Å². The molecular weight excluding hydrogens is 586 g/mol. The Morgan fingerprint density at radius 2 is 1.85 bits per heavy atom. The van der Waals surface area contributed by atoms with Gasteiger partial charge in [0.15, 0.2) is 0 Å². The predicted molar refractivity (Wildman–Crippen MR) is 131 cm³/mol. The highest BCUT2D eigenvalue weighted by Crippen LogP contribution is 2.34. The van der Waals surface area contributed by atoms with Crippen LogP contribution in [-0.4, -0.2) is 28.5 Å². The summed E-state index contributed by atoms with van der Waals surface area (Å²) in [5, 5.41) is 14.8. The number of amides is 1. The highest BCUT2D eigenvalue weighted by Gasteiger charge is 2.31. The van der Waals surface area contributed by atoms with Gasteiger partial charge in [-0.1, -0.05) is 23.7 Å². The standard InChI is InChI=1S/C23H18ClF3IN3O3/c24-18-10-16(4-5-19(18)28)30-11-13-1-3-15(23(25,26)27)9-17(13)14-2-6-20(31-12-14)22(34)29-8-7-21(32)33/h1-6,9-10,12,30H,7-8,11H2,(H,29,34)(H,32,33). The van der Waals surface area contributed by atoms with E-state index in [2.05, 4.69) is 38.2 Å². The lowest BCUT2D eigenvalue weighted by Crippen LogP contribution is -2.26. The zero-order valence-corrected chi connectivity index (χ0v) is 20.3. The number of pyridine rings is 1. The molecule has 2 aromatic carbocycles. The quantitative estimate of drug-likeness (QED) is 0.282. The molecular formula is C23H18ClF3IN3O3. The summed E-state index contributed by atoms with van der Waals surface area (Å²) >= 11 is 8.23. The first kappa shape index (κ1) is 25.8. The number of halogens is 5. The molecule has 0 aliphatic carbocycles. The second-order valence-corrected chi connectivity index (χ2v) is 8.75. The summed E-state index contributed by atoms with van der Waals surface area (Å²) in [5.41, 5.74) is 1.22. The van der Waals surface area contributed by atoms with Gasteiger partial charge in [0.25, 0.3) is 5.91 Å². The summed E-state index contributed by atoms with van der Waals surface area (Å²) in [6, 6.07) is 11.7. The van der Waals surface area contributed by atoms with E-state index in [1.807, 2.05) is 12.1 Å². The smallest absolute Gasteiger partial charge is 0.416 e. The van der Waals surface area contributed by atoms with Crippen LogP contribution in [0.1, 0.15) is 28.0 Å². The molecule has 1 amide bonds. The normalized spacial score (nSPS) is 11.2. The number of carbonyl (C=O) groups excluding carboxylic acids is 1. The van der Waals surface area contributed by atoms with Crippen LogP contribution in [0.25, 0.3) is 11.1 Å². The average Bonchev–Trinajstić information content (AvgIpc) is 2.79. The summed E-state index contributed by atoms with van der Waals surface area (Å²) < 4.78 is 40.9. The van der Waals surface area contributed by atoms with E-state index >= 15 is 0 Å². The minimum atomic E-state index is -4.53. The van der Waals surface area contributed by atoms with E-state index in [0.717, 1.165) is 15.7 Å². The predicted octanol–water partition coefficient (Wildman–Crippen LogP) is 5.84. The molecule has 34 heavy (non-hydrogen) atoms. The molecule has 0 saturated carbocycles. The van der Waals surface area contributed by atoms with Crippen molar-refractivity contribution < 1.29 is 27.9 Å². The van der Waals surface area contributed by atoms with Crippen LogP contribution in [-0.2, 0) is 17.5 Å². The molecule has 0 saturated heterocycles. The summed E-state index contributed by atoms with van der Waals surface area (Å²) in [4.78, 5) is 26.7. The Morgan fingerprint density at radius 3 is 2.47 bits per heavy atom. The molecule has 1 heterocycles. The van der Waals surface area contributed by atoms with E-state index in [-0.39, 0.29) is 25.2 Å². The number of nitrogens with one attached hydrogen (secondary N) is 2. The van der Waals surface area contributed by atoms with Crippen LogP contribution in [0.4, 0.5) is 18.9 Å². The highest BCUT2D eigenvalue weighted by molar-refractivity contribution is 14.1. The van der Waals surface area contributed by atoms with Crippen molar-refractivity contribution in [3.63, 3.8) is 0 Å². The number of carboxylic acids is 1. The number of carbonyl (C=O) groups is 2. The molecule has 3 N–H and O–H groups in total. The van der Waals surface area contributed by atoms with Gasteiger partial charge in [0, 0.05) is 34.1 Å². The summed E-state index contributed by atoms with van der Waals surface area (Å²) in [6.07, 6.45) is -3.45. The molecule has 0 radical (unpaired) electrons. The van der Waals surface area contributed by atoms with Crippen molar-refractivity contribution in [3.8, 4) is 11.1 Å². The van der Waals surface area contributed by atoms with E-state index < -0.39 is 23.6 Å². The van der Waals surface area contributed by atoms with Crippen LogP contribution in [0, 0.1) is 3.57 Å². The first-order chi connectivity index (χ1) is 16.0. The molecule has 6 nitrogen and oxygen atoms in total. The minimum absolute atomic E-state index is 0.0225. The van der Waals surface area contributed by atoms with Gasteiger partial charge in [0.05, 0.1) is 17.0 Å². The molecule has 0 aliphatic rings. The van der Waals surface area contributed by atoms with Gasteiger partial charge in [-0.15, -0.1) is 0 Å². The molecule has 0 unspecified atom stereocenters. The largest absolute Gasteiger partial charge is 0.481 e.